The van der Waals surface area contributed by atoms with Gasteiger partial charge in [-0.2, -0.15) is 0 Å². The van der Waals surface area contributed by atoms with Crippen molar-refractivity contribution in [2.24, 2.45) is 0 Å². The van der Waals surface area contributed by atoms with Crippen LogP contribution in [0.25, 0.3) is 0 Å². The summed E-state index contributed by atoms with van der Waals surface area (Å²) in [5.74, 6) is 0.231. The largest absolute Gasteiger partial charge is 0.382 e. The Morgan fingerprint density at radius 2 is 1.82 bits per heavy atom. The van der Waals surface area contributed by atoms with E-state index in [1.807, 2.05) is 30.2 Å². The van der Waals surface area contributed by atoms with Crippen molar-refractivity contribution < 1.29 is 9.72 Å². The molecule has 0 aliphatic carbocycles. The Kier molecular flexibility index (Phi) is 7.62. The van der Waals surface area contributed by atoms with Gasteiger partial charge in [0.05, 0.1) is 16.8 Å². The van der Waals surface area contributed by atoms with Gasteiger partial charge in [0.1, 0.15) is 0 Å². The van der Waals surface area contributed by atoms with Crippen molar-refractivity contribution >= 4 is 23.0 Å². The molecule has 2 aliphatic heterocycles. The Labute approximate surface area is 200 Å². The van der Waals surface area contributed by atoms with E-state index in [0.717, 1.165) is 70.0 Å². The molecule has 1 aromatic heterocycles. The Morgan fingerprint density at radius 1 is 1.09 bits per heavy atom. The molecule has 1 aromatic carbocycles. The molecule has 0 spiro atoms. The normalized spacial score (nSPS) is 17.6. The van der Waals surface area contributed by atoms with Gasteiger partial charge >= 0.3 is 0 Å². The summed E-state index contributed by atoms with van der Waals surface area (Å²) in [6, 6.07) is 9.58. The van der Waals surface area contributed by atoms with Crippen LogP contribution in [-0.4, -0.2) is 77.5 Å². The number of amides is 1. The first-order valence-electron chi connectivity index (χ1n) is 12.1. The average Bonchev–Trinajstić information content (AvgIpc) is 2.84. The van der Waals surface area contributed by atoms with Gasteiger partial charge in [-0.05, 0) is 51.0 Å². The second-order valence-electron chi connectivity index (χ2n) is 9.29. The summed E-state index contributed by atoms with van der Waals surface area (Å²) in [6.07, 6.45) is 4.26. The highest BCUT2D eigenvalue weighted by Crippen LogP contribution is 2.24. The van der Waals surface area contributed by atoms with Crippen molar-refractivity contribution in [1.29, 1.82) is 0 Å². The van der Waals surface area contributed by atoms with Crippen LogP contribution in [0, 0.1) is 24.0 Å². The number of pyridine rings is 1. The van der Waals surface area contributed by atoms with E-state index in [2.05, 4.69) is 26.2 Å². The number of piperazine rings is 1. The fraction of sp³-hybridized carbons (Fsp3) is 0.520. The molecule has 2 fully saturated rings. The number of aryl methyl sites for hydroxylation is 2. The highest BCUT2D eigenvalue weighted by molar-refractivity contribution is 5.76. The maximum atomic E-state index is 12.8. The smallest absolute Gasteiger partial charge is 0.272 e. The average molecular weight is 467 g/mol. The molecule has 0 unspecified atom stereocenters. The van der Waals surface area contributed by atoms with Crippen LogP contribution in [0.3, 0.4) is 0 Å². The molecule has 34 heavy (non-hydrogen) atoms. The molecular weight excluding hydrogens is 432 g/mol. The molecule has 3 heterocycles. The number of nitrogens with one attached hydrogen (secondary N) is 1. The number of likely N-dealkylation sites (tertiary alicyclic amines) is 1. The van der Waals surface area contributed by atoms with Crippen LogP contribution >= 0.6 is 0 Å². The highest BCUT2D eigenvalue weighted by atomic mass is 16.6. The molecule has 0 saturated carbocycles. The zero-order valence-electron chi connectivity index (χ0n) is 20.1. The fourth-order valence-electron chi connectivity index (χ4n) is 4.75. The van der Waals surface area contributed by atoms with Gasteiger partial charge in [0.15, 0.2) is 0 Å². The third-order valence-corrected chi connectivity index (χ3v) is 6.89. The van der Waals surface area contributed by atoms with Crippen molar-refractivity contribution in [2.75, 3.05) is 56.0 Å². The lowest BCUT2D eigenvalue weighted by Crippen LogP contribution is -2.48. The highest BCUT2D eigenvalue weighted by Gasteiger charge is 2.24. The predicted octanol–water partition coefficient (Wildman–Crippen LogP) is 3.22. The molecule has 9 nitrogen and oxygen atoms in total. The van der Waals surface area contributed by atoms with Gasteiger partial charge in [-0.15, -0.1) is 0 Å². The number of nitro groups is 1. The Morgan fingerprint density at radius 3 is 2.44 bits per heavy atom. The number of hydrogen-bond acceptors (Lipinski definition) is 7. The Bertz CT molecular complexity index is 996. The third kappa shape index (κ3) is 6.02. The molecule has 0 radical (unpaired) electrons. The number of carbonyl (C=O) groups is 1. The first kappa shape index (κ1) is 23.9. The van der Waals surface area contributed by atoms with Crippen molar-refractivity contribution in [3.8, 4) is 0 Å². The summed E-state index contributed by atoms with van der Waals surface area (Å²) in [4.78, 5) is 34.5. The van der Waals surface area contributed by atoms with E-state index in [1.54, 1.807) is 19.1 Å². The van der Waals surface area contributed by atoms with Gasteiger partial charge in [0.25, 0.3) is 5.69 Å². The van der Waals surface area contributed by atoms with Crippen LogP contribution in [0.2, 0.25) is 0 Å². The van der Waals surface area contributed by atoms with Gasteiger partial charge in [-0.25, -0.2) is 0 Å². The number of piperidine rings is 1. The number of nitrogens with zero attached hydrogens (tertiary/aromatic N) is 5. The second-order valence-corrected chi connectivity index (χ2v) is 9.29. The lowest BCUT2D eigenvalue weighted by molar-refractivity contribution is -0.385. The van der Waals surface area contributed by atoms with Gasteiger partial charge in [-0.1, -0.05) is 0 Å². The molecule has 4 rings (SSSR count). The monoisotopic (exact) mass is 466 g/mol. The molecule has 1 amide bonds. The maximum Gasteiger partial charge on any atom is 0.272 e. The summed E-state index contributed by atoms with van der Waals surface area (Å²) >= 11 is 0. The lowest BCUT2D eigenvalue weighted by atomic mass is 10.0. The van der Waals surface area contributed by atoms with E-state index in [1.165, 1.54) is 5.69 Å². The minimum absolute atomic E-state index is 0.138. The fourth-order valence-corrected chi connectivity index (χ4v) is 4.75. The van der Waals surface area contributed by atoms with E-state index in [0.29, 0.717) is 12.0 Å². The van der Waals surface area contributed by atoms with Crippen LogP contribution < -0.4 is 10.2 Å². The standard InChI is InChI=1S/C25H34N6O3/c1-19-17-22(4-6-24(19)31(33)34)27-21-7-11-30(12-8-21)25(32)9-10-28-13-15-29(16-14-28)23-5-3-20(2)26-18-23/h3-6,17-18,21,27H,7-16H2,1-2H3. The number of rotatable bonds is 7. The van der Waals surface area contributed by atoms with E-state index < -0.39 is 0 Å². The maximum absolute atomic E-state index is 12.8. The summed E-state index contributed by atoms with van der Waals surface area (Å²) < 4.78 is 0. The number of carbonyl (C=O) groups excluding carboxylic acids is 1. The molecule has 2 saturated heterocycles. The SMILES string of the molecule is Cc1ccc(N2CCN(CCC(=O)N3CCC(Nc4ccc([N+](=O)[O-])c(C)c4)CC3)CC2)cn1. The molecule has 1 N–H and O–H groups in total. The van der Waals surface area contributed by atoms with Gasteiger partial charge in [0, 0.05) is 81.3 Å². The predicted molar refractivity (Wildman–Crippen MR) is 133 cm³/mol. The van der Waals surface area contributed by atoms with Gasteiger partial charge in [-0.3, -0.25) is 24.8 Å². The third-order valence-electron chi connectivity index (χ3n) is 6.89. The minimum atomic E-state index is -0.357. The van der Waals surface area contributed by atoms with E-state index >= 15 is 0 Å². The zero-order chi connectivity index (χ0) is 24.1. The van der Waals surface area contributed by atoms with Crippen LogP contribution in [0.4, 0.5) is 17.1 Å². The summed E-state index contributed by atoms with van der Waals surface area (Å²) in [7, 11) is 0. The molecule has 0 atom stereocenters. The second kappa shape index (κ2) is 10.8. The minimum Gasteiger partial charge on any atom is -0.382 e. The topological polar surface area (TPSA) is 94.8 Å². The summed E-state index contributed by atoms with van der Waals surface area (Å²) in [5.41, 5.74) is 3.89. The zero-order valence-corrected chi connectivity index (χ0v) is 20.1. The lowest BCUT2D eigenvalue weighted by Gasteiger charge is -2.37. The molecular formula is C25H34N6O3. The molecule has 2 aromatic rings. The van der Waals surface area contributed by atoms with Crippen molar-refractivity contribution in [3.05, 3.63) is 57.9 Å². The van der Waals surface area contributed by atoms with Crippen LogP contribution in [-0.2, 0) is 4.79 Å². The molecule has 2 aliphatic rings. The Balaban J connectivity index is 1.16. The quantitative estimate of drug-likeness (QED) is 0.494. The van der Waals surface area contributed by atoms with Crippen LogP contribution in [0.15, 0.2) is 36.5 Å². The van der Waals surface area contributed by atoms with Crippen molar-refractivity contribution in [3.63, 3.8) is 0 Å². The van der Waals surface area contributed by atoms with E-state index in [9.17, 15) is 14.9 Å². The van der Waals surface area contributed by atoms with E-state index in [-0.39, 0.29) is 22.6 Å². The summed E-state index contributed by atoms with van der Waals surface area (Å²) in [5, 5.41) is 14.5. The van der Waals surface area contributed by atoms with Crippen molar-refractivity contribution in [1.82, 2.24) is 14.8 Å². The number of benzene rings is 1. The first-order valence-corrected chi connectivity index (χ1v) is 12.1. The first-order chi connectivity index (χ1) is 16.4. The molecule has 9 heteroatoms. The molecule has 0 bridgehead atoms. The number of aromatic nitrogens is 1. The van der Waals surface area contributed by atoms with Crippen molar-refractivity contribution in [2.45, 2.75) is 39.2 Å². The van der Waals surface area contributed by atoms with Gasteiger partial charge < -0.3 is 15.1 Å². The number of anilines is 2. The number of hydrogen-bond donors (Lipinski definition) is 1. The van der Waals surface area contributed by atoms with E-state index in [4.69, 9.17) is 0 Å². The molecule has 182 valence electrons. The summed E-state index contributed by atoms with van der Waals surface area (Å²) in [6.45, 7) is 9.88. The van der Waals surface area contributed by atoms with Gasteiger partial charge in [0.2, 0.25) is 5.91 Å². The van der Waals surface area contributed by atoms with Crippen LogP contribution in [0.5, 0.6) is 0 Å². The Hall–Kier alpha value is -3.20. The number of nitro benzene ring substituents is 1. The van der Waals surface area contributed by atoms with Crippen LogP contribution in [0.1, 0.15) is 30.5 Å².